The number of benzene rings is 2. The first-order valence-corrected chi connectivity index (χ1v) is 8.47. The van der Waals surface area contributed by atoms with Crippen molar-refractivity contribution < 1.29 is 9.13 Å². The molecule has 0 bridgehead atoms. The highest BCUT2D eigenvalue weighted by Crippen LogP contribution is 2.21. The average Bonchev–Trinajstić information content (AvgIpc) is 3.07. The summed E-state index contributed by atoms with van der Waals surface area (Å²) in [5.41, 5.74) is 2.03. The van der Waals surface area contributed by atoms with E-state index in [0.29, 0.717) is 17.7 Å². The van der Waals surface area contributed by atoms with Crippen molar-refractivity contribution in [3.8, 4) is 5.75 Å². The Morgan fingerprint density at radius 2 is 1.83 bits per heavy atom. The summed E-state index contributed by atoms with van der Waals surface area (Å²) >= 11 is 6.00. The van der Waals surface area contributed by atoms with Crippen LogP contribution in [0.4, 0.5) is 4.39 Å². The van der Waals surface area contributed by atoms with Crippen LogP contribution in [0.15, 0.2) is 42.5 Å². The van der Waals surface area contributed by atoms with Gasteiger partial charge in [-0.05, 0) is 42.7 Å². The van der Waals surface area contributed by atoms with Crippen molar-refractivity contribution in [1.29, 1.82) is 0 Å². The number of ether oxygens (including phenoxy) is 1. The van der Waals surface area contributed by atoms with E-state index >= 15 is 0 Å². The molecular weight excluding hydrogens is 313 g/mol. The molecule has 0 amide bonds. The minimum absolute atomic E-state index is 0.332. The maximum Gasteiger partial charge on any atom is 0.124 e. The fourth-order valence-electron chi connectivity index (χ4n) is 2.90. The molecule has 4 heteroatoms. The van der Waals surface area contributed by atoms with E-state index in [9.17, 15) is 4.39 Å². The Kier molecular flexibility index (Phi) is 5.52. The zero-order chi connectivity index (χ0) is 16.1. The molecule has 0 aliphatic heterocycles. The summed E-state index contributed by atoms with van der Waals surface area (Å²) in [5, 5.41) is 3.99. The van der Waals surface area contributed by atoms with Gasteiger partial charge in [-0.3, -0.25) is 0 Å². The lowest BCUT2D eigenvalue weighted by atomic mass is 10.2. The van der Waals surface area contributed by atoms with Crippen molar-refractivity contribution in [2.24, 2.45) is 0 Å². The molecule has 0 aromatic heterocycles. The van der Waals surface area contributed by atoms with Crippen LogP contribution in [-0.2, 0) is 13.2 Å². The van der Waals surface area contributed by atoms with Crippen LogP contribution in [-0.4, -0.2) is 6.04 Å². The first-order chi connectivity index (χ1) is 11.2. The third-order valence-corrected chi connectivity index (χ3v) is 4.63. The third-order valence-electron chi connectivity index (χ3n) is 4.28. The SMILES string of the molecule is Fc1ccc(COc2ccc(CNC3CCCC3)cc2)c(Cl)c1. The maximum atomic E-state index is 13.0. The summed E-state index contributed by atoms with van der Waals surface area (Å²) < 4.78 is 18.7. The molecule has 1 aliphatic carbocycles. The Morgan fingerprint density at radius 3 is 2.52 bits per heavy atom. The molecule has 1 fully saturated rings. The van der Waals surface area contributed by atoms with Crippen molar-refractivity contribution in [2.45, 2.75) is 44.9 Å². The van der Waals surface area contributed by atoms with Crippen LogP contribution in [0.5, 0.6) is 5.75 Å². The number of hydrogen-bond donors (Lipinski definition) is 1. The number of halogens is 2. The van der Waals surface area contributed by atoms with Crippen molar-refractivity contribution in [1.82, 2.24) is 5.32 Å². The molecule has 0 spiro atoms. The minimum Gasteiger partial charge on any atom is -0.489 e. The fraction of sp³-hybridized carbons (Fsp3) is 0.368. The zero-order valence-corrected chi connectivity index (χ0v) is 13.8. The van der Waals surface area contributed by atoms with Crippen molar-refractivity contribution in [3.05, 3.63) is 64.4 Å². The van der Waals surface area contributed by atoms with Gasteiger partial charge in [-0.1, -0.05) is 42.6 Å². The maximum absolute atomic E-state index is 13.0. The summed E-state index contributed by atoms with van der Waals surface area (Å²) in [7, 11) is 0. The van der Waals surface area contributed by atoms with E-state index in [-0.39, 0.29) is 5.82 Å². The van der Waals surface area contributed by atoms with Gasteiger partial charge in [0.1, 0.15) is 18.2 Å². The third kappa shape index (κ3) is 4.69. The monoisotopic (exact) mass is 333 g/mol. The van der Waals surface area contributed by atoms with Gasteiger partial charge in [-0.25, -0.2) is 4.39 Å². The molecule has 2 aromatic carbocycles. The molecule has 0 heterocycles. The van der Waals surface area contributed by atoms with E-state index < -0.39 is 0 Å². The highest BCUT2D eigenvalue weighted by atomic mass is 35.5. The van der Waals surface area contributed by atoms with E-state index in [1.54, 1.807) is 6.07 Å². The molecule has 2 aromatic rings. The van der Waals surface area contributed by atoms with Crippen LogP contribution < -0.4 is 10.1 Å². The van der Waals surface area contributed by atoms with Crippen LogP contribution in [0, 0.1) is 5.82 Å². The van der Waals surface area contributed by atoms with Crippen molar-refractivity contribution >= 4 is 11.6 Å². The second-order valence-electron chi connectivity index (χ2n) is 6.03. The molecule has 0 unspecified atom stereocenters. The Hall–Kier alpha value is -1.58. The number of rotatable bonds is 6. The van der Waals surface area contributed by atoms with Crippen LogP contribution in [0.2, 0.25) is 5.02 Å². The smallest absolute Gasteiger partial charge is 0.124 e. The quantitative estimate of drug-likeness (QED) is 0.795. The van der Waals surface area contributed by atoms with Gasteiger partial charge in [0, 0.05) is 18.2 Å². The Morgan fingerprint density at radius 1 is 1.09 bits per heavy atom. The highest BCUT2D eigenvalue weighted by molar-refractivity contribution is 6.31. The van der Waals surface area contributed by atoms with E-state index in [1.165, 1.54) is 43.4 Å². The Bertz CT molecular complexity index is 638. The first-order valence-electron chi connectivity index (χ1n) is 8.10. The van der Waals surface area contributed by atoms with Gasteiger partial charge in [0.05, 0.1) is 5.02 Å². The van der Waals surface area contributed by atoms with Gasteiger partial charge in [-0.2, -0.15) is 0 Å². The lowest BCUT2D eigenvalue weighted by Crippen LogP contribution is -2.25. The molecule has 2 nitrogen and oxygen atoms in total. The zero-order valence-electron chi connectivity index (χ0n) is 13.0. The summed E-state index contributed by atoms with van der Waals surface area (Å²) in [6.45, 7) is 1.23. The van der Waals surface area contributed by atoms with Crippen LogP contribution in [0.3, 0.4) is 0 Å². The molecule has 1 aliphatic rings. The molecule has 0 radical (unpaired) electrons. The standard InChI is InChI=1S/C19H21ClFNO/c20-19-11-16(21)8-7-15(19)13-23-18-9-5-14(6-10-18)12-22-17-3-1-2-4-17/h5-11,17,22H,1-4,12-13H2. The average molecular weight is 334 g/mol. The summed E-state index contributed by atoms with van der Waals surface area (Å²) in [6.07, 6.45) is 5.27. The van der Waals surface area contributed by atoms with Gasteiger partial charge in [0.15, 0.2) is 0 Å². The largest absolute Gasteiger partial charge is 0.489 e. The fourth-order valence-corrected chi connectivity index (χ4v) is 3.12. The number of nitrogens with one attached hydrogen (secondary N) is 1. The molecular formula is C19H21ClFNO. The topological polar surface area (TPSA) is 21.3 Å². The first kappa shape index (κ1) is 16.3. The van der Waals surface area contributed by atoms with Gasteiger partial charge in [0.25, 0.3) is 0 Å². The van der Waals surface area contributed by atoms with Crippen LogP contribution in [0.25, 0.3) is 0 Å². The Labute approximate surface area is 141 Å². The van der Waals surface area contributed by atoms with E-state index in [1.807, 2.05) is 12.1 Å². The lowest BCUT2D eigenvalue weighted by molar-refractivity contribution is 0.306. The van der Waals surface area contributed by atoms with Gasteiger partial charge >= 0.3 is 0 Å². The van der Waals surface area contributed by atoms with Gasteiger partial charge in [-0.15, -0.1) is 0 Å². The molecule has 1 saturated carbocycles. The molecule has 0 saturated heterocycles. The molecule has 23 heavy (non-hydrogen) atoms. The molecule has 1 N–H and O–H groups in total. The molecule has 122 valence electrons. The van der Waals surface area contributed by atoms with E-state index in [2.05, 4.69) is 17.4 Å². The summed E-state index contributed by atoms with van der Waals surface area (Å²) in [5.74, 6) is 0.452. The van der Waals surface area contributed by atoms with Gasteiger partial charge < -0.3 is 10.1 Å². The van der Waals surface area contributed by atoms with Crippen LogP contribution >= 0.6 is 11.6 Å². The van der Waals surface area contributed by atoms with E-state index in [4.69, 9.17) is 16.3 Å². The second-order valence-corrected chi connectivity index (χ2v) is 6.44. The minimum atomic E-state index is -0.335. The van der Waals surface area contributed by atoms with Gasteiger partial charge in [0.2, 0.25) is 0 Å². The molecule has 0 atom stereocenters. The lowest BCUT2D eigenvalue weighted by Gasteiger charge is -2.12. The van der Waals surface area contributed by atoms with Crippen molar-refractivity contribution in [2.75, 3.05) is 0 Å². The van der Waals surface area contributed by atoms with Crippen LogP contribution in [0.1, 0.15) is 36.8 Å². The predicted octanol–water partition coefficient (Wildman–Crippen LogP) is 5.09. The van der Waals surface area contributed by atoms with E-state index in [0.717, 1.165) is 17.9 Å². The predicted molar refractivity (Wildman–Crippen MR) is 91.3 cm³/mol. The van der Waals surface area contributed by atoms with Crippen molar-refractivity contribution in [3.63, 3.8) is 0 Å². The summed E-state index contributed by atoms with van der Waals surface area (Å²) in [6, 6.07) is 13.1. The summed E-state index contributed by atoms with van der Waals surface area (Å²) in [4.78, 5) is 0. The second kappa shape index (κ2) is 7.80. The number of hydrogen-bond acceptors (Lipinski definition) is 2. The molecule has 3 rings (SSSR count). The Balaban J connectivity index is 1.50. The highest BCUT2D eigenvalue weighted by Gasteiger charge is 2.13. The normalized spacial score (nSPS) is 15.0.